The molecule has 0 fully saturated rings. The van der Waals surface area contributed by atoms with Gasteiger partial charge >= 0.3 is 5.97 Å². The standard InChI is InChI=1S/C12H7N3O3/c13-5-8-6-15-11(7-14-8)18-10-4-2-1-3-9(10)12(16)17/h1-4,6-7H,(H,16,17). The van der Waals surface area contributed by atoms with E-state index < -0.39 is 5.97 Å². The molecule has 2 aromatic rings. The molecule has 0 aliphatic heterocycles. The molecule has 0 saturated heterocycles. The van der Waals surface area contributed by atoms with Crippen molar-refractivity contribution in [3.63, 3.8) is 0 Å². The number of aromatic nitrogens is 2. The Morgan fingerprint density at radius 1 is 1.28 bits per heavy atom. The molecule has 0 aliphatic rings. The summed E-state index contributed by atoms with van der Waals surface area (Å²) in [5.41, 5.74) is 0.192. The van der Waals surface area contributed by atoms with Crippen molar-refractivity contribution in [1.82, 2.24) is 9.97 Å². The quantitative estimate of drug-likeness (QED) is 0.880. The third-order valence-corrected chi connectivity index (χ3v) is 2.07. The molecule has 0 amide bonds. The Morgan fingerprint density at radius 3 is 2.67 bits per heavy atom. The number of carboxylic acid groups (broad SMARTS) is 1. The maximum Gasteiger partial charge on any atom is 0.339 e. The SMILES string of the molecule is N#Cc1cnc(Oc2ccccc2C(=O)O)cn1. The van der Waals surface area contributed by atoms with E-state index in [-0.39, 0.29) is 22.9 Å². The third-order valence-electron chi connectivity index (χ3n) is 2.07. The predicted octanol–water partition coefficient (Wildman–Crippen LogP) is 1.84. The zero-order valence-electron chi connectivity index (χ0n) is 9.07. The number of aromatic carboxylic acids is 1. The van der Waals surface area contributed by atoms with E-state index in [1.165, 1.54) is 24.5 Å². The fraction of sp³-hybridized carbons (Fsp3) is 0. The second-order valence-corrected chi connectivity index (χ2v) is 3.26. The minimum Gasteiger partial charge on any atom is -0.478 e. The van der Waals surface area contributed by atoms with Crippen molar-refractivity contribution in [2.75, 3.05) is 0 Å². The number of benzene rings is 1. The Morgan fingerprint density at radius 2 is 2.06 bits per heavy atom. The van der Waals surface area contributed by atoms with Crippen molar-refractivity contribution in [2.45, 2.75) is 0 Å². The van der Waals surface area contributed by atoms with Crippen molar-refractivity contribution in [3.8, 4) is 17.7 Å². The van der Waals surface area contributed by atoms with Gasteiger partial charge in [0.15, 0.2) is 5.69 Å². The van der Waals surface area contributed by atoms with Gasteiger partial charge in [-0.25, -0.2) is 14.8 Å². The van der Waals surface area contributed by atoms with Gasteiger partial charge in [-0.15, -0.1) is 0 Å². The molecule has 6 heteroatoms. The number of rotatable bonds is 3. The van der Waals surface area contributed by atoms with Crippen LogP contribution in [0.2, 0.25) is 0 Å². The largest absolute Gasteiger partial charge is 0.478 e. The van der Waals surface area contributed by atoms with Gasteiger partial charge in [-0.3, -0.25) is 0 Å². The van der Waals surface area contributed by atoms with E-state index in [1.54, 1.807) is 12.1 Å². The number of nitrogens with zero attached hydrogens (tertiary/aromatic N) is 3. The molecule has 0 unspecified atom stereocenters. The van der Waals surface area contributed by atoms with E-state index in [0.717, 1.165) is 0 Å². The summed E-state index contributed by atoms with van der Waals surface area (Å²) in [7, 11) is 0. The fourth-order valence-corrected chi connectivity index (χ4v) is 1.27. The van der Waals surface area contributed by atoms with E-state index in [1.807, 2.05) is 6.07 Å². The number of carboxylic acids is 1. The highest BCUT2D eigenvalue weighted by molar-refractivity contribution is 5.90. The van der Waals surface area contributed by atoms with Gasteiger partial charge in [0.05, 0.1) is 12.4 Å². The van der Waals surface area contributed by atoms with E-state index in [9.17, 15) is 4.79 Å². The highest BCUT2D eigenvalue weighted by Crippen LogP contribution is 2.23. The highest BCUT2D eigenvalue weighted by atomic mass is 16.5. The molecule has 1 heterocycles. The van der Waals surface area contributed by atoms with Gasteiger partial charge in [0.2, 0.25) is 5.88 Å². The lowest BCUT2D eigenvalue weighted by Gasteiger charge is -2.06. The first kappa shape index (κ1) is 11.5. The molecule has 6 nitrogen and oxygen atoms in total. The van der Waals surface area contributed by atoms with Gasteiger partial charge < -0.3 is 9.84 Å². The summed E-state index contributed by atoms with van der Waals surface area (Å²) in [4.78, 5) is 18.6. The van der Waals surface area contributed by atoms with Crippen LogP contribution in [0.3, 0.4) is 0 Å². The number of hydrogen-bond donors (Lipinski definition) is 1. The Labute approximate surface area is 102 Å². The smallest absolute Gasteiger partial charge is 0.339 e. The minimum absolute atomic E-state index is 0.0312. The monoisotopic (exact) mass is 241 g/mol. The van der Waals surface area contributed by atoms with Crippen LogP contribution >= 0.6 is 0 Å². The van der Waals surface area contributed by atoms with Crippen molar-refractivity contribution >= 4 is 5.97 Å². The highest BCUT2D eigenvalue weighted by Gasteiger charge is 2.11. The molecule has 0 bridgehead atoms. The number of ether oxygens (including phenoxy) is 1. The first-order chi connectivity index (χ1) is 8.70. The Balaban J connectivity index is 2.28. The summed E-state index contributed by atoms with van der Waals surface area (Å²) in [6.07, 6.45) is 2.51. The molecule has 1 N–H and O–H groups in total. The topological polar surface area (TPSA) is 96.1 Å². The van der Waals surface area contributed by atoms with Crippen LogP contribution in [-0.4, -0.2) is 21.0 Å². The summed E-state index contributed by atoms with van der Waals surface area (Å²) >= 11 is 0. The van der Waals surface area contributed by atoms with Gasteiger partial charge in [-0.2, -0.15) is 5.26 Å². The molecular formula is C12H7N3O3. The summed E-state index contributed by atoms with van der Waals surface area (Å²) in [6.45, 7) is 0. The van der Waals surface area contributed by atoms with Gasteiger partial charge in [0.1, 0.15) is 17.4 Å². The van der Waals surface area contributed by atoms with Crippen molar-refractivity contribution in [3.05, 3.63) is 47.9 Å². The van der Waals surface area contributed by atoms with Crippen molar-refractivity contribution in [2.24, 2.45) is 0 Å². The first-order valence-corrected chi connectivity index (χ1v) is 4.93. The average Bonchev–Trinajstić information content (AvgIpc) is 2.40. The predicted molar refractivity (Wildman–Crippen MR) is 60.2 cm³/mol. The molecule has 0 aliphatic carbocycles. The van der Waals surface area contributed by atoms with E-state index >= 15 is 0 Å². The molecule has 0 radical (unpaired) electrons. The first-order valence-electron chi connectivity index (χ1n) is 4.93. The van der Waals surface area contributed by atoms with Gasteiger partial charge in [0.25, 0.3) is 0 Å². The molecule has 1 aromatic carbocycles. The maximum atomic E-state index is 11.0. The van der Waals surface area contributed by atoms with Crippen LogP contribution in [0.5, 0.6) is 11.6 Å². The third kappa shape index (κ3) is 2.41. The zero-order valence-corrected chi connectivity index (χ0v) is 9.07. The van der Waals surface area contributed by atoms with Gasteiger partial charge in [-0.1, -0.05) is 12.1 Å². The van der Waals surface area contributed by atoms with E-state index in [2.05, 4.69) is 9.97 Å². The van der Waals surface area contributed by atoms with Crippen molar-refractivity contribution in [1.29, 1.82) is 5.26 Å². The molecule has 0 atom stereocenters. The van der Waals surface area contributed by atoms with Crippen LogP contribution in [0.1, 0.15) is 16.1 Å². The fourth-order valence-electron chi connectivity index (χ4n) is 1.27. The molecule has 88 valence electrons. The second-order valence-electron chi connectivity index (χ2n) is 3.26. The number of nitriles is 1. The van der Waals surface area contributed by atoms with Crippen LogP contribution in [0.15, 0.2) is 36.7 Å². The normalized spacial score (nSPS) is 9.50. The summed E-state index contributed by atoms with van der Waals surface area (Å²) in [6, 6.07) is 8.02. The van der Waals surface area contributed by atoms with Crippen molar-refractivity contribution < 1.29 is 14.6 Å². The van der Waals surface area contributed by atoms with Gasteiger partial charge in [0, 0.05) is 0 Å². The minimum atomic E-state index is -1.09. The Bertz CT molecular complexity index is 617. The second kappa shape index (κ2) is 4.93. The van der Waals surface area contributed by atoms with E-state index in [4.69, 9.17) is 15.1 Å². The molecule has 18 heavy (non-hydrogen) atoms. The zero-order chi connectivity index (χ0) is 13.0. The Kier molecular flexibility index (Phi) is 3.16. The van der Waals surface area contributed by atoms with Crippen LogP contribution in [0.4, 0.5) is 0 Å². The number of para-hydroxylation sites is 1. The lowest BCUT2D eigenvalue weighted by molar-refractivity contribution is 0.0694. The Hall–Kier alpha value is -2.94. The number of hydrogen-bond acceptors (Lipinski definition) is 5. The summed E-state index contributed by atoms with van der Waals surface area (Å²) in [5.74, 6) is -0.793. The van der Waals surface area contributed by atoms with E-state index in [0.29, 0.717) is 0 Å². The maximum absolute atomic E-state index is 11.0. The molecule has 0 saturated carbocycles. The summed E-state index contributed by atoms with van der Waals surface area (Å²) < 4.78 is 5.31. The lowest BCUT2D eigenvalue weighted by atomic mass is 10.2. The van der Waals surface area contributed by atoms with Crippen LogP contribution in [0, 0.1) is 11.3 Å². The van der Waals surface area contributed by atoms with Crippen LogP contribution in [-0.2, 0) is 0 Å². The van der Waals surface area contributed by atoms with Gasteiger partial charge in [-0.05, 0) is 12.1 Å². The molecule has 2 rings (SSSR count). The molecular weight excluding hydrogens is 234 g/mol. The summed E-state index contributed by atoms with van der Waals surface area (Å²) in [5, 5.41) is 17.5. The van der Waals surface area contributed by atoms with Crippen LogP contribution in [0.25, 0.3) is 0 Å². The molecule has 1 aromatic heterocycles. The lowest BCUT2D eigenvalue weighted by Crippen LogP contribution is -2.00. The van der Waals surface area contributed by atoms with Crippen LogP contribution < -0.4 is 4.74 Å². The molecule has 0 spiro atoms. The number of carbonyl (C=O) groups is 1. The average molecular weight is 241 g/mol.